The summed E-state index contributed by atoms with van der Waals surface area (Å²) in [5.41, 5.74) is 5.51. The highest BCUT2D eigenvalue weighted by Gasteiger charge is 2.39. The van der Waals surface area contributed by atoms with E-state index in [0.717, 1.165) is 10.5 Å². The molecule has 4 N–H and O–H groups in total. The topological polar surface area (TPSA) is 146 Å². The van der Waals surface area contributed by atoms with Gasteiger partial charge in [0, 0.05) is 12.6 Å². The summed E-state index contributed by atoms with van der Waals surface area (Å²) in [6.07, 6.45) is 1.28. The van der Waals surface area contributed by atoms with Gasteiger partial charge in [-0.1, -0.05) is 0 Å². The third-order valence-electron chi connectivity index (χ3n) is 3.15. The van der Waals surface area contributed by atoms with E-state index in [0.29, 0.717) is 0 Å². The number of anilines is 1. The average Bonchev–Trinajstić information content (AvgIpc) is 2.92. The van der Waals surface area contributed by atoms with Gasteiger partial charge in [0.05, 0.1) is 24.3 Å². The number of nitrogens with one attached hydrogen (secondary N) is 1. The van der Waals surface area contributed by atoms with E-state index in [1.165, 1.54) is 0 Å². The van der Waals surface area contributed by atoms with Crippen molar-refractivity contribution in [3.63, 3.8) is 0 Å². The summed E-state index contributed by atoms with van der Waals surface area (Å²) in [7, 11) is -7.23. The van der Waals surface area contributed by atoms with Crippen LogP contribution in [0.5, 0.6) is 0 Å². The molecule has 1 fully saturated rings. The van der Waals surface area contributed by atoms with Crippen LogP contribution in [0.1, 0.15) is 6.42 Å². The fourth-order valence-electron chi connectivity index (χ4n) is 2.22. The molecule has 1 saturated heterocycles. The summed E-state index contributed by atoms with van der Waals surface area (Å²) in [4.78, 5) is -0.213. The zero-order valence-corrected chi connectivity index (χ0v) is 12.2. The van der Waals surface area contributed by atoms with Gasteiger partial charge in [-0.3, -0.25) is 5.10 Å². The van der Waals surface area contributed by atoms with Crippen molar-refractivity contribution in [3.8, 4) is 0 Å². The molecule has 1 aromatic rings. The quantitative estimate of drug-likeness (QED) is 0.576. The normalized spacial score (nSPS) is 22.4. The Morgan fingerprint density at radius 1 is 1.55 bits per heavy atom. The van der Waals surface area contributed by atoms with Gasteiger partial charge in [0.1, 0.15) is 10.7 Å². The van der Waals surface area contributed by atoms with Crippen molar-refractivity contribution in [2.24, 2.45) is 0 Å². The molecule has 1 unspecified atom stereocenters. The molecule has 0 saturated carbocycles. The second-order valence-corrected chi connectivity index (χ2v) is 8.63. The van der Waals surface area contributed by atoms with Gasteiger partial charge in [-0.25, -0.2) is 16.8 Å². The Labute approximate surface area is 116 Å². The van der Waals surface area contributed by atoms with Crippen LogP contribution in [-0.2, 0) is 19.9 Å². The van der Waals surface area contributed by atoms with E-state index in [1.807, 2.05) is 0 Å². The molecule has 11 heteroatoms. The number of sulfonamides is 1. The van der Waals surface area contributed by atoms with Crippen LogP contribution in [0.3, 0.4) is 0 Å². The SMILES string of the molecule is Nc1[nH]ncc1S(=O)(=O)N(CCO)C1CCS(=O)(=O)C1. The molecule has 1 aliphatic heterocycles. The minimum Gasteiger partial charge on any atom is -0.395 e. The highest BCUT2D eigenvalue weighted by molar-refractivity contribution is 7.92. The standard InChI is InChI=1S/C9H16N4O5S2/c10-9-8(5-11-12-9)20(17,18)13(2-3-14)7-1-4-19(15,16)6-7/h5,7,14H,1-4,6H2,(H3,10,11,12). The van der Waals surface area contributed by atoms with E-state index in [9.17, 15) is 16.8 Å². The molecule has 20 heavy (non-hydrogen) atoms. The summed E-state index contributed by atoms with van der Waals surface area (Å²) >= 11 is 0. The molecular formula is C9H16N4O5S2. The van der Waals surface area contributed by atoms with Crippen molar-refractivity contribution in [1.29, 1.82) is 0 Å². The van der Waals surface area contributed by atoms with Gasteiger partial charge in [0.15, 0.2) is 9.84 Å². The Morgan fingerprint density at radius 2 is 2.25 bits per heavy atom. The second-order valence-electron chi connectivity index (χ2n) is 4.54. The Bertz CT molecular complexity index is 681. The van der Waals surface area contributed by atoms with Gasteiger partial charge in [-0.2, -0.15) is 9.40 Å². The number of aromatic nitrogens is 2. The zero-order valence-electron chi connectivity index (χ0n) is 10.6. The first kappa shape index (κ1) is 15.2. The fraction of sp³-hybridized carbons (Fsp3) is 0.667. The van der Waals surface area contributed by atoms with Gasteiger partial charge in [-0.05, 0) is 6.42 Å². The zero-order chi connectivity index (χ0) is 15.0. The maximum Gasteiger partial charge on any atom is 0.248 e. The van der Waals surface area contributed by atoms with Crippen LogP contribution < -0.4 is 5.73 Å². The molecule has 9 nitrogen and oxygen atoms in total. The number of hydrogen-bond acceptors (Lipinski definition) is 7. The van der Waals surface area contributed by atoms with Crippen molar-refractivity contribution < 1.29 is 21.9 Å². The van der Waals surface area contributed by atoms with Crippen LogP contribution in [0.25, 0.3) is 0 Å². The van der Waals surface area contributed by atoms with Crippen LogP contribution in [0, 0.1) is 0 Å². The first-order chi connectivity index (χ1) is 9.28. The van der Waals surface area contributed by atoms with E-state index in [1.54, 1.807) is 0 Å². The average molecular weight is 324 g/mol. The number of hydrogen-bond donors (Lipinski definition) is 3. The summed E-state index contributed by atoms with van der Waals surface area (Å²) in [6, 6.07) is -0.688. The maximum atomic E-state index is 12.5. The predicted octanol–water partition coefficient (Wildman–Crippen LogP) is -1.84. The third-order valence-corrected chi connectivity index (χ3v) is 6.88. The maximum absolute atomic E-state index is 12.5. The molecule has 0 aromatic carbocycles. The van der Waals surface area contributed by atoms with Crippen molar-refractivity contribution in [3.05, 3.63) is 6.20 Å². The summed E-state index contributed by atoms with van der Waals surface area (Å²) in [5, 5.41) is 14.9. The largest absolute Gasteiger partial charge is 0.395 e. The lowest BCUT2D eigenvalue weighted by Crippen LogP contribution is -2.42. The lowest BCUT2D eigenvalue weighted by atomic mass is 10.3. The molecule has 0 aliphatic carbocycles. The van der Waals surface area contributed by atoms with E-state index >= 15 is 0 Å². The van der Waals surface area contributed by atoms with Crippen molar-refractivity contribution >= 4 is 25.7 Å². The molecule has 2 rings (SSSR count). The van der Waals surface area contributed by atoms with E-state index in [2.05, 4.69) is 10.2 Å². The Kier molecular flexibility index (Phi) is 4.04. The molecule has 114 valence electrons. The van der Waals surface area contributed by atoms with Crippen LogP contribution in [-0.4, -0.2) is 67.1 Å². The molecular weight excluding hydrogens is 308 g/mol. The molecule has 0 bridgehead atoms. The second kappa shape index (κ2) is 5.31. The summed E-state index contributed by atoms with van der Waals surface area (Å²) in [5.74, 6) is -0.422. The van der Waals surface area contributed by atoms with Crippen molar-refractivity contribution in [2.75, 3.05) is 30.4 Å². The number of H-pyrrole nitrogens is 1. The molecule has 0 amide bonds. The number of rotatable bonds is 5. The fourth-order valence-corrected chi connectivity index (χ4v) is 5.70. The molecule has 1 aliphatic rings. The minimum absolute atomic E-state index is 0.0595. The van der Waals surface area contributed by atoms with Gasteiger partial charge in [0.25, 0.3) is 0 Å². The molecule has 1 atom stereocenters. The number of aliphatic hydroxyl groups is 1. The Balaban J connectivity index is 2.36. The van der Waals surface area contributed by atoms with Gasteiger partial charge >= 0.3 is 0 Å². The third kappa shape index (κ3) is 2.80. The Hall–Kier alpha value is -1.17. The first-order valence-electron chi connectivity index (χ1n) is 5.90. The summed E-state index contributed by atoms with van der Waals surface area (Å²) in [6.45, 7) is -0.597. The number of aliphatic hydroxyl groups excluding tert-OH is 1. The van der Waals surface area contributed by atoms with Crippen LogP contribution in [0.4, 0.5) is 5.82 Å². The van der Waals surface area contributed by atoms with Crippen LogP contribution in [0.15, 0.2) is 11.1 Å². The molecule has 1 aromatic heterocycles. The highest BCUT2D eigenvalue weighted by atomic mass is 32.2. The lowest BCUT2D eigenvalue weighted by molar-refractivity contribution is 0.232. The number of nitrogens with two attached hydrogens (primary N) is 1. The molecule has 0 spiro atoms. The number of nitrogen functional groups attached to an aromatic ring is 1. The number of nitrogens with zero attached hydrogens (tertiary/aromatic N) is 2. The van der Waals surface area contributed by atoms with Gasteiger partial charge in [-0.15, -0.1) is 0 Å². The van der Waals surface area contributed by atoms with Crippen LogP contribution in [0.2, 0.25) is 0 Å². The Morgan fingerprint density at radius 3 is 2.70 bits per heavy atom. The lowest BCUT2D eigenvalue weighted by Gasteiger charge is -2.26. The molecule has 2 heterocycles. The van der Waals surface area contributed by atoms with Crippen molar-refractivity contribution in [2.45, 2.75) is 17.4 Å². The smallest absolute Gasteiger partial charge is 0.248 e. The van der Waals surface area contributed by atoms with E-state index in [4.69, 9.17) is 10.8 Å². The van der Waals surface area contributed by atoms with E-state index in [-0.39, 0.29) is 35.2 Å². The van der Waals surface area contributed by atoms with Crippen LogP contribution >= 0.6 is 0 Å². The summed E-state index contributed by atoms with van der Waals surface area (Å²) < 4.78 is 49.0. The van der Waals surface area contributed by atoms with E-state index < -0.39 is 32.5 Å². The highest BCUT2D eigenvalue weighted by Crippen LogP contribution is 2.26. The number of sulfone groups is 1. The monoisotopic (exact) mass is 324 g/mol. The predicted molar refractivity (Wildman–Crippen MR) is 71.0 cm³/mol. The van der Waals surface area contributed by atoms with Gasteiger partial charge in [0.2, 0.25) is 10.0 Å². The van der Waals surface area contributed by atoms with Gasteiger partial charge < -0.3 is 10.8 Å². The first-order valence-corrected chi connectivity index (χ1v) is 9.16. The van der Waals surface area contributed by atoms with Crippen molar-refractivity contribution in [1.82, 2.24) is 14.5 Å². The minimum atomic E-state index is -3.99. The molecule has 0 radical (unpaired) electrons. The number of aromatic amines is 1.